The topological polar surface area (TPSA) is 105 Å². The van der Waals surface area contributed by atoms with E-state index in [0.29, 0.717) is 13.0 Å². The first-order chi connectivity index (χ1) is 11.3. The first-order valence-electron chi connectivity index (χ1n) is 7.07. The third kappa shape index (κ3) is 4.17. The zero-order chi connectivity index (χ0) is 17.7. The zero-order valence-electron chi connectivity index (χ0n) is 13.0. The number of amides is 1. The van der Waals surface area contributed by atoms with Gasteiger partial charge in [0, 0.05) is 13.1 Å². The molecule has 1 aromatic rings. The van der Waals surface area contributed by atoms with Crippen LogP contribution in [0.3, 0.4) is 0 Å². The highest BCUT2D eigenvalue weighted by Crippen LogP contribution is 2.19. The first-order valence-corrected chi connectivity index (χ1v) is 8.51. The molecule has 0 aliphatic carbocycles. The lowest BCUT2D eigenvalue weighted by molar-refractivity contribution is -0.547. The van der Waals surface area contributed by atoms with E-state index < -0.39 is 28.3 Å². The Labute approximate surface area is 138 Å². The van der Waals surface area contributed by atoms with Crippen molar-refractivity contribution in [3.63, 3.8) is 0 Å². The van der Waals surface area contributed by atoms with E-state index >= 15 is 0 Å². The van der Waals surface area contributed by atoms with Gasteiger partial charge in [0.25, 0.3) is 12.5 Å². The van der Waals surface area contributed by atoms with Crippen LogP contribution >= 0.6 is 0 Å². The van der Waals surface area contributed by atoms with E-state index in [-0.39, 0.29) is 23.0 Å². The molecule has 1 amide bonds. The number of hydroxylamine groups is 1. The molecule has 0 aromatic heterocycles. The molecule has 1 aromatic carbocycles. The van der Waals surface area contributed by atoms with Crippen molar-refractivity contribution in [1.82, 2.24) is 9.21 Å². The van der Waals surface area contributed by atoms with E-state index in [1.165, 1.54) is 24.1 Å². The molecule has 1 fully saturated rings. The van der Waals surface area contributed by atoms with Crippen molar-refractivity contribution in [2.75, 3.05) is 33.4 Å². The number of hydrogen-bond donors (Lipinski definition) is 0. The number of carbonyl (C=O) groups excluding carboxylic acids is 1. The lowest BCUT2D eigenvalue weighted by Gasteiger charge is -2.34. The van der Waals surface area contributed by atoms with Gasteiger partial charge in [-0.15, -0.1) is 0 Å². The molecule has 11 heteroatoms. The molecule has 1 saturated heterocycles. The van der Waals surface area contributed by atoms with Crippen LogP contribution < -0.4 is 0 Å². The van der Waals surface area contributed by atoms with E-state index in [1.54, 1.807) is 0 Å². The Bertz CT molecular complexity index is 722. The van der Waals surface area contributed by atoms with Gasteiger partial charge in [0.1, 0.15) is 12.9 Å². The van der Waals surface area contributed by atoms with Gasteiger partial charge < -0.3 is 14.9 Å². The predicted octanol–water partition coefficient (Wildman–Crippen LogP) is 0.530. The van der Waals surface area contributed by atoms with Crippen molar-refractivity contribution in [1.29, 1.82) is 0 Å². The zero-order valence-corrected chi connectivity index (χ0v) is 13.8. The second-order valence-corrected chi connectivity index (χ2v) is 7.00. The van der Waals surface area contributed by atoms with Crippen LogP contribution in [0.25, 0.3) is 0 Å². The molecule has 0 N–H and O–H groups in total. The monoisotopic (exact) mass is 360 g/mol. The van der Waals surface area contributed by atoms with E-state index in [9.17, 15) is 22.8 Å². The van der Waals surface area contributed by atoms with Gasteiger partial charge >= 0.3 is 0 Å². The molecule has 1 aliphatic rings. The van der Waals surface area contributed by atoms with E-state index in [4.69, 9.17) is 0 Å². The molecule has 0 saturated carbocycles. The second-order valence-electron chi connectivity index (χ2n) is 5.06. The second kappa shape index (κ2) is 7.53. The van der Waals surface area contributed by atoms with E-state index in [2.05, 4.69) is 10.1 Å². The Morgan fingerprint density at radius 1 is 1.38 bits per heavy atom. The minimum absolute atomic E-state index is 0.0574. The largest absolute Gasteiger partial charge is 0.597 e. The summed E-state index contributed by atoms with van der Waals surface area (Å²) in [4.78, 5) is 17.6. The third-order valence-electron chi connectivity index (χ3n) is 3.41. The Balaban J connectivity index is 2.11. The summed E-state index contributed by atoms with van der Waals surface area (Å²) in [5.74, 6) is -1.10. The fraction of sp³-hybridized carbons (Fsp3) is 0.462. The van der Waals surface area contributed by atoms with Gasteiger partial charge in [-0.05, 0) is 35.5 Å². The van der Waals surface area contributed by atoms with Gasteiger partial charge in [0.2, 0.25) is 10.0 Å². The quantitative estimate of drug-likeness (QED) is 0.433. The van der Waals surface area contributed by atoms with Crippen LogP contribution in [0.5, 0.6) is 0 Å². The maximum Gasteiger partial charge on any atom is 0.293 e. The van der Waals surface area contributed by atoms with Crippen LogP contribution in [0.4, 0.5) is 4.39 Å². The molecular formula is C13H17FN4O5S. The van der Waals surface area contributed by atoms with Gasteiger partial charge in [-0.2, -0.15) is 4.31 Å². The molecule has 24 heavy (non-hydrogen) atoms. The number of benzene rings is 1. The molecule has 2 rings (SSSR count). The smallest absolute Gasteiger partial charge is 0.293 e. The predicted molar refractivity (Wildman–Crippen MR) is 79.4 cm³/mol. The van der Waals surface area contributed by atoms with Crippen molar-refractivity contribution in [2.24, 2.45) is 5.28 Å². The lowest BCUT2D eigenvalue weighted by Crippen LogP contribution is -2.51. The average Bonchev–Trinajstić information content (AvgIpc) is 2.55. The van der Waals surface area contributed by atoms with Crippen molar-refractivity contribution < 1.29 is 27.3 Å². The van der Waals surface area contributed by atoms with E-state index in [0.717, 1.165) is 16.4 Å². The van der Waals surface area contributed by atoms with Crippen molar-refractivity contribution >= 4 is 15.9 Å². The average molecular weight is 360 g/mol. The lowest BCUT2D eigenvalue weighted by atomic mass is 10.3. The molecular weight excluding hydrogens is 343 g/mol. The van der Waals surface area contributed by atoms with Gasteiger partial charge in [0.05, 0.1) is 11.6 Å². The number of hydrogen-bond acceptors (Lipinski definition) is 6. The SMILES string of the molecule is CO/N=[N+](/[O-])CC(=O)N1CCCN(S(=O)(=O)c2ccc(F)cc2)C1. The Kier molecular flexibility index (Phi) is 5.67. The Hall–Kier alpha value is -2.27. The highest BCUT2D eigenvalue weighted by atomic mass is 32.2. The van der Waals surface area contributed by atoms with E-state index in [1.807, 2.05) is 0 Å². The molecule has 0 bridgehead atoms. The van der Waals surface area contributed by atoms with Gasteiger partial charge in [-0.1, -0.05) is 0 Å². The number of carbonyl (C=O) groups is 1. The third-order valence-corrected chi connectivity index (χ3v) is 5.26. The number of nitrogens with zero attached hydrogens (tertiary/aromatic N) is 4. The van der Waals surface area contributed by atoms with Crippen LogP contribution in [0, 0.1) is 11.0 Å². The van der Waals surface area contributed by atoms with Crippen LogP contribution in [0.15, 0.2) is 34.4 Å². The number of rotatable bonds is 5. The Morgan fingerprint density at radius 3 is 2.67 bits per heavy atom. The van der Waals surface area contributed by atoms with Crippen LogP contribution in [-0.4, -0.2) is 61.8 Å². The Morgan fingerprint density at radius 2 is 2.04 bits per heavy atom. The summed E-state index contributed by atoms with van der Waals surface area (Å²) in [6.07, 6.45) is 0.423. The summed E-state index contributed by atoms with van der Waals surface area (Å²) in [6, 6.07) is 4.45. The van der Waals surface area contributed by atoms with Crippen molar-refractivity contribution in [3.8, 4) is 0 Å². The highest BCUT2D eigenvalue weighted by molar-refractivity contribution is 7.89. The highest BCUT2D eigenvalue weighted by Gasteiger charge is 2.32. The van der Waals surface area contributed by atoms with Crippen LogP contribution in [0.2, 0.25) is 0 Å². The van der Waals surface area contributed by atoms with Crippen LogP contribution in [-0.2, 0) is 19.7 Å². The van der Waals surface area contributed by atoms with Gasteiger partial charge in [0.15, 0.2) is 5.28 Å². The standard InChI is InChI=1S/C13H17FN4O5S/c1-23-15-18(20)9-13(19)16-7-2-8-17(10-16)24(21,22)12-5-3-11(14)4-6-12/h3-6H,2,7-10H2,1H3/b18-15+. The minimum Gasteiger partial charge on any atom is -0.597 e. The van der Waals surface area contributed by atoms with Crippen LogP contribution in [0.1, 0.15) is 6.42 Å². The van der Waals surface area contributed by atoms with Crippen molar-refractivity contribution in [2.45, 2.75) is 11.3 Å². The molecule has 9 nitrogen and oxygen atoms in total. The van der Waals surface area contributed by atoms with Gasteiger partial charge in [-0.3, -0.25) is 4.79 Å². The molecule has 0 unspecified atom stereocenters. The minimum atomic E-state index is -3.85. The molecule has 1 aliphatic heterocycles. The first kappa shape index (κ1) is 18.1. The molecule has 0 atom stereocenters. The molecule has 1 heterocycles. The van der Waals surface area contributed by atoms with Crippen molar-refractivity contribution in [3.05, 3.63) is 35.3 Å². The summed E-state index contributed by atoms with van der Waals surface area (Å²) in [5, 5.41) is 14.3. The van der Waals surface area contributed by atoms with Gasteiger partial charge in [-0.25, -0.2) is 12.8 Å². The summed E-state index contributed by atoms with van der Waals surface area (Å²) in [7, 11) is -2.68. The maximum absolute atomic E-state index is 13.0. The molecule has 0 spiro atoms. The summed E-state index contributed by atoms with van der Waals surface area (Å²) in [6.45, 7) is -0.195. The summed E-state index contributed by atoms with van der Waals surface area (Å²) in [5.41, 5.74) is 0. The maximum atomic E-state index is 13.0. The number of halogens is 1. The normalized spacial score (nSPS) is 16.9. The summed E-state index contributed by atoms with van der Waals surface area (Å²) >= 11 is 0. The summed E-state index contributed by atoms with van der Waals surface area (Å²) < 4.78 is 39.2. The number of sulfonamides is 1. The molecule has 132 valence electrons. The fourth-order valence-electron chi connectivity index (χ4n) is 2.26. The fourth-order valence-corrected chi connectivity index (χ4v) is 3.70. The molecule has 0 radical (unpaired) electrons.